The van der Waals surface area contributed by atoms with Crippen LogP contribution in [-0.4, -0.2) is 32.9 Å². The second kappa shape index (κ2) is 11.9. The number of benzene rings is 2. The summed E-state index contributed by atoms with van der Waals surface area (Å²) in [4.78, 5) is 0. The minimum Gasteiger partial charge on any atom is -1.00 e. The van der Waals surface area contributed by atoms with Crippen LogP contribution in [0.3, 0.4) is 0 Å². The molecule has 3 atom stereocenters. The molecule has 0 unspecified atom stereocenters. The van der Waals surface area contributed by atoms with E-state index in [2.05, 4.69) is 95.3 Å². The van der Waals surface area contributed by atoms with E-state index in [1.165, 1.54) is 10.4 Å². The second-order valence-electron chi connectivity index (χ2n) is 9.87. The molecule has 3 rings (SSSR count). The molecule has 0 spiro atoms. The molecule has 0 bridgehead atoms. The van der Waals surface area contributed by atoms with E-state index in [0.717, 1.165) is 6.42 Å². The minimum atomic E-state index is -2.51. The first-order valence-corrected chi connectivity index (χ1v) is 12.9. The predicted molar refractivity (Wildman–Crippen MR) is 127 cm³/mol. The fraction of sp³-hybridized carbons (Fsp3) is 0.500. The molecule has 0 amide bonds. The van der Waals surface area contributed by atoms with E-state index in [-0.39, 0.29) is 63.2 Å². The quantitative estimate of drug-likeness (QED) is 0.444. The summed E-state index contributed by atoms with van der Waals surface area (Å²) < 4.78 is 19.2. The van der Waals surface area contributed by atoms with Crippen LogP contribution in [0.5, 0.6) is 0 Å². The van der Waals surface area contributed by atoms with Crippen molar-refractivity contribution in [2.24, 2.45) is 5.92 Å². The molecule has 172 valence electrons. The first-order valence-electron chi connectivity index (χ1n) is 11.0. The Morgan fingerprint density at radius 2 is 1.41 bits per heavy atom. The van der Waals surface area contributed by atoms with Crippen molar-refractivity contribution in [2.75, 3.05) is 6.61 Å². The minimum absolute atomic E-state index is 0. The van der Waals surface area contributed by atoms with Gasteiger partial charge in [0.25, 0.3) is 8.32 Å². The Hall–Kier alpha value is -0.238. The molecular formula is C26H37ClHgO3Si. The normalized spacial score (nSPS) is 23.0. The van der Waals surface area contributed by atoms with Crippen molar-refractivity contribution in [3.63, 3.8) is 0 Å². The van der Waals surface area contributed by atoms with Crippen molar-refractivity contribution in [3.05, 3.63) is 67.6 Å². The van der Waals surface area contributed by atoms with Crippen LogP contribution in [0.15, 0.2) is 60.7 Å². The van der Waals surface area contributed by atoms with Crippen LogP contribution in [0.2, 0.25) is 5.04 Å². The van der Waals surface area contributed by atoms with Gasteiger partial charge < -0.3 is 26.3 Å². The molecule has 1 aliphatic heterocycles. The molecule has 0 aromatic heterocycles. The molecule has 0 N–H and O–H groups in total. The maximum Gasteiger partial charge on any atom is 1.00 e. The van der Waals surface area contributed by atoms with Crippen molar-refractivity contribution in [1.29, 1.82) is 0 Å². The molecule has 0 saturated carbocycles. The molecule has 0 aliphatic carbocycles. The van der Waals surface area contributed by atoms with E-state index in [1.807, 2.05) is 13.8 Å². The summed E-state index contributed by atoms with van der Waals surface area (Å²) in [6, 6.07) is 21.5. The number of hydrogen-bond donors (Lipinski definition) is 0. The zero-order chi connectivity index (χ0) is 22.0. The summed E-state index contributed by atoms with van der Waals surface area (Å²) in [6.07, 6.45) is 0.811. The number of rotatable bonds is 6. The van der Waals surface area contributed by atoms with Gasteiger partial charge in [-0.15, -0.1) is 0 Å². The van der Waals surface area contributed by atoms with Crippen LogP contribution in [0.1, 0.15) is 48.0 Å². The molecule has 2 aromatic rings. The Bertz CT molecular complexity index is 771. The van der Waals surface area contributed by atoms with Gasteiger partial charge in [0.05, 0.1) is 12.2 Å². The molecule has 1 heterocycles. The average molecular weight is 662 g/mol. The van der Waals surface area contributed by atoms with E-state index in [9.17, 15) is 0 Å². The van der Waals surface area contributed by atoms with Gasteiger partial charge in [0.1, 0.15) is 0 Å². The fourth-order valence-corrected chi connectivity index (χ4v) is 9.20. The van der Waals surface area contributed by atoms with E-state index >= 15 is 0 Å². The first kappa shape index (κ1) is 29.8. The van der Waals surface area contributed by atoms with Crippen molar-refractivity contribution < 1.29 is 54.0 Å². The maximum absolute atomic E-state index is 7.02. The standard InChI is InChI=1S/C26H37O3Si.ClH.Hg/c1-20-21(2)28-26(6,7)29-24(20)18-19-27-30(25(3,4)5,22-14-10-8-11-15-22)23-16-12-9-13-17-23;;/h8-17,20-21,24H,2,18-19H2,1,3-7H3;1H;/q;;+1/p-1/t20-,21-,24+;;/m1../s1. The number of ether oxygens (including phenoxy) is 2. The van der Waals surface area contributed by atoms with E-state index in [1.54, 1.807) is 0 Å². The third kappa shape index (κ3) is 6.45. The monoisotopic (exact) mass is 662 g/mol. The fourth-order valence-electron chi connectivity index (χ4n) is 4.62. The molecule has 1 saturated heterocycles. The van der Waals surface area contributed by atoms with Crippen molar-refractivity contribution in [1.82, 2.24) is 0 Å². The third-order valence-corrected chi connectivity index (χ3v) is 11.2. The van der Waals surface area contributed by atoms with Crippen LogP contribution < -0.4 is 22.8 Å². The Kier molecular flexibility index (Phi) is 11.1. The summed E-state index contributed by atoms with van der Waals surface area (Å²) in [5.41, 5.74) is 0. The van der Waals surface area contributed by atoms with Crippen LogP contribution in [0.4, 0.5) is 0 Å². The summed E-state index contributed by atoms with van der Waals surface area (Å²) in [7, 11) is -2.51. The van der Waals surface area contributed by atoms with Gasteiger partial charge in [-0.2, -0.15) is 0 Å². The Morgan fingerprint density at radius 1 is 0.938 bits per heavy atom. The van der Waals surface area contributed by atoms with E-state index in [4.69, 9.17) is 13.9 Å². The molecule has 1 fully saturated rings. The summed E-state index contributed by atoms with van der Waals surface area (Å²) >= 11 is 0. The summed E-state index contributed by atoms with van der Waals surface area (Å²) in [5.74, 6) is -0.387. The molecule has 3 nitrogen and oxygen atoms in total. The average Bonchev–Trinajstić information content (AvgIpc) is 2.69. The van der Waals surface area contributed by atoms with Crippen molar-refractivity contribution >= 4 is 18.7 Å². The Morgan fingerprint density at radius 3 is 1.84 bits per heavy atom. The molecule has 2 aromatic carbocycles. The van der Waals surface area contributed by atoms with Crippen LogP contribution in [-0.2, 0) is 41.6 Å². The number of hydrogen-bond acceptors (Lipinski definition) is 3. The zero-order valence-electron chi connectivity index (χ0n) is 20.4. The van der Waals surface area contributed by atoms with Gasteiger partial charge in [-0.3, -0.25) is 0 Å². The van der Waals surface area contributed by atoms with Crippen LogP contribution >= 0.6 is 0 Å². The first-order chi connectivity index (χ1) is 14.1. The van der Waals surface area contributed by atoms with Crippen LogP contribution in [0, 0.1) is 12.8 Å². The largest absolute Gasteiger partial charge is 1.00 e. The smallest absolute Gasteiger partial charge is 1.00 e. The molecule has 2 radical (unpaired) electrons. The van der Waals surface area contributed by atoms with Gasteiger partial charge >= 0.3 is 27.7 Å². The van der Waals surface area contributed by atoms with E-state index < -0.39 is 14.1 Å². The van der Waals surface area contributed by atoms with E-state index in [0.29, 0.717) is 6.61 Å². The molecule has 1 aliphatic rings. The van der Waals surface area contributed by atoms with Crippen molar-refractivity contribution in [3.8, 4) is 0 Å². The van der Waals surface area contributed by atoms with Crippen molar-refractivity contribution in [2.45, 2.75) is 71.0 Å². The van der Waals surface area contributed by atoms with Crippen LogP contribution in [0.25, 0.3) is 0 Å². The predicted octanol–water partition coefficient (Wildman–Crippen LogP) is 1.94. The second-order valence-corrected chi connectivity index (χ2v) is 14.2. The molecular weight excluding hydrogens is 624 g/mol. The zero-order valence-corrected chi connectivity index (χ0v) is 27.7. The topological polar surface area (TPSA) is 27.7 Å². The Labute approximate surface area is 222 Å². The number of halogens is 1. The van der Waals surface area contributed by atoms with Gasteiger partial charge in [-0.1, -0.05) is 88.4 Å². The SMILES string of the molecule is [CH2][C@H]1OC(C)(C)O[C@@H](CCO[Si](c2ccccc2)(c2ccccc2)C(C)(C)C)[C@@H]1C.[Cl-].[Hg+]. The summed E-state index contributed by atoms with van der Waals surface area (Å²) in [5, 5.41) is 2.59. The Balaban J connectivity index is 0.00000256. The van der Waals surface area contributed by atoms with Gasteiger partial charge in [0, 0.05) is 12.5 Å². The summed E-state index contributed by atoms with van der Waals surface area (Å²) in [6.45, 7) is 17.8. The van der Waals surface area contributed by atoms with Gasteiger partial charge in [0.15, 0.2) is 5.79 Å². The van der Waals surface area contributed by atoms with Gasteiger partial charge in [0.2, 0.25) is 0 Å². The maximum atomic E-state index is 7.02. The van der Waals surface area contributed by atoms with Gasteiger partial charge in [-0.25, -0.2) is 0 Å². The van der Waals surface area contributed by atoms with Gasteiger partial charge in [-0.05, 0) is 42.6 Å². The third-order valence-electron chi connectivity index (χ3n) is 6.18. The molecule has 32 heavy (non-hydrogen) atoms. The molecule has 6 heteroatoms.